The fourth-order valence-corrected chi connectivity index (χ4v) is 1.97. The van der Waals surface area contributed by atoms with Gasteiger partial charge in [-0.3, -0.25) is 0 Å². The molecular formula is C18H26O6. The quantitative estimate of drug-likeness (QED) is 0.734. The van der Waals surface area contributed by atoms with E-state index in [1.165, 1.54) is 0 Å². The van der Waals surface area contributed by atoms with Crippen LogP contribution in [0.4, 0.5) is 0 Å². The summed E-state index contributed by atoms with van der Waals surface area (Å²) >= 11 is 0. The third-order valence-corrected chi connectivity index (χ3v) is 3.04. The molecule has 0 aromatic heterocycles. The Labute approximate surface area is 142 Å². The van der Waals surface area contributed by atoms with E-state index in [1.807, 2.05) is 0 Å². The van der Waals surface area contributed by atoms with Gasteiger partial charge in [-0.05, 0) is 52.3 Å². The van der Waals surface area contributed by atoms with Gasteiger partial charge in [-0.1, -0.05) is 12.1 Å². The van der Waals surface area contributed by atoms with Crippen LogP contribution in [0.15, 0.2) is 24.3 Å². The molecule has 0 saturated heterocycles. The second kappa shape index (κ2) is 8.68. The first-order valence-corrected chi connectivity index (χ1v) is 7.95. The Morgan fingerprint density at radius 3 is 2.21 bits per heavy atom. The maximum absolute atomic E-state index is 11.9. The number of aliphatic carboxylic acids is 1. The second-order valence-corrected chi connectivity index (χ2v) is 6.42. The van der Waals surface area contributed by atoms with Crippen LogP contribution in [-0.2, 0) is 25.5 Å². The number of rotatable bonds is 8. The maximum Gasteiger partial charge on any atom is 0.347 e. The lowest BCUT2D eigenvalue weighted by Crippen LogP contribution is -2.33. The van der Waals surface area contributed by atoms with E-state index in [0.29, 0.717) is 12.4 Å². The van der Waals surface area contributed by atoms with Crippen LogP contribution in [0.25, 0.3) is 0 Å². The van der Waals surface area contributed by atoms with E-state index in [4.69, 9.17) is 19.3 Å². The Bertz CT molecular complexity index is 544. The van der Waals surface area contributed by atoms with E-state index >= 15 is 0 Å². The van der Waals surface area contributed by atoms with Gasteiger partial charge < -0.3 is 19.3 Å². The summed E-state index contributed by atoms with van der Waals surface area (Å²) in [5.74, 6) is -0.912. The van der Waals surface area contributed by atoms with Gasteiger partial charge in [-0.25, -0.2) is 9.59 Å². The maximum atomic E-state index is 11.9. The lowest BCUT2D eigenvalue weighted by atomic mass is 10.1. The van der Waals surface area contributed by atoms with Crippen LogP contribution < -0.4 is 4.74 Å². The minimum absolute atomic E-state index is 0.269. The molecule has 1 aromatic rings. The van der Waals surface area contributed by atoms with Gasteiger partial charge in [0.25, 0.3) is 0 Å². The van der Waals surface area contributed by atoms with Gasteiger partial charge >= 0.3 is 11.9 Å². The molecule has 6 nitrogen and oxygen atoms in total. The smallest absolute Gasteiger partial charge is 0.347 e. The third kappa shape index (κ3) is 7.00. The summed E-state index contributed by atoms with van der Waals surface area (Å²) in [5.41, 5.74) is 0.247. The van der Waals surface area contributed by atoms with E-state index < -0.39 is 29.7 Å². The molecule has 0 aliphatic carbocycles. The van der Waals surface area contributed by atoms with Gasteiger partial charge in [-0.2, -0.15) is 0 Å². The van der Waals surface area contributed by atoms with Crippen LogP contribution in [0.1, 0.15) is 40.2 Å². The summed E-state index contributed by atoms with van der Waals surface area (Å²) < 4.78 is 16.0. The van der Waals surface area contributed by atoms with Crippen molar-refractivity contribution in [2.45, 2.75) is 58.8 Å². The van der Waals surface area contributed by atoms with Gasteiger partial charge in [0.2, 0.25) is 0 Å². The van der Waals surface area contributed by atoms with E-state index in [-0.39, 0.29) is 6.42 Å². The molecule has 1 rings (SSSR count). The van der Waals surface area contributed by atoms with Crippen molar-refractivity contribution in [3.8, 4) is 5.75 Å². The fourth-order valence-electron chi connectivity index (χ4n) is 1.97. The highest BCUT2D eigenvalue weighted by molar-refractivity contribution is 5.75. The number of hydrogen-bond donors (Lipinski definition) is 1. The standard InChI is InChI=1S/C18H26O6/c1-6-22-15(16(19)20)11-13-7-9-14(10-8-13)23-12(2)17(21)24-18(3,4)5/h7-10,12,15H,6,11H2,1-5H3,(H,19,20)/t12-,15-/m0/s1. The molecule has 24 heavy (non-hydrogen) atoms. The van der Waals surface area contributed by atoms with E-state index in [2.05, 4.69) is 0 Å². The average molecular weight is 338 g/mol. The normalized spacial score (nSPS) is 13.9. The third-order valence-electron chi connectivity index (χ3n) is 3.04. The van der Waals surface area contributed by atoms with Crippen LogP contribution >= 0.6 is 0 Å². The number of carboxylic acids is 1. The fraction of sp³-hybridized carbons (Fsp3) is 0.556. The molecule has 0 heterocycles. The minimum Gasteiger partial charge on any atom is -0.479 e. The largest absolute Gasteiger partial charge is 0.479 e. The molecule has 0 saturated carbocycles. The molecule has 134 valence electrons. The number of carbonyl (C=O) groups excluding carboxylic acids is 1. The van der Waals surface area contributed by atoms with Crippen LogP contribution in [0, 0.1) is 0 Å². The van der Waals surface area contributed by atoms with Crippen molar-refractivity contribution >= 4 is 11.9 Å². The SMILES string of the molecule is CCO[C@@H](Cc1ccc(O[C@@H](C)C(=O)OC(C)(C)C)cc1)C(=O)O. The predicted molar refractivity (Wildman–Crippen MR) is 89.1 cm³/mol. The Hall–Kier alpha value is -2.08. The molecule has 0 fully saturated rings. The number of esters is 1. The summed E-state index contributed by atoms with van der Waals surface area (Å²) in [7, 11) is 0. The van der Waals surface area contributed by atoms with Crippen molar-refractivity contribution < 1.29 is 28.9 Å². The number of hydrogen-bond acceptors (Lipinski definition) is 5. The predicted octanol–water partition coefficient (Wildman–Crippen LogP) is 2.83. The molecule has 0 radical (unpaired) electrons. The van der Waals surface area contributed by atoms with E-state index in [0.717, 1.165) is 5.56 Å². The second-order valence-electron chi connectivity index (χ2n) is 6.42. The Morgan fingerprint density at radius 1 is 1.17 bits per heavy atom. The first-order valence-electron chi connectivity index (χ1n) is 7.95. The molecule has 6 heteroatoms. The van der Waals surface area contributed by atoms with Crippen molar-refractivity contribution in [3.63, 3.8) is 0 Å². The zero-order valence-electron chi connectivity index (χ0n) is 14.9. The summed E-state index contributed by atoms with van der Waals surface area (Å²) in [4.78, 5) is 23.0. The Morgan fingerprint density at radius 2 is 1.75 bits per heavy atom. The molecule has 0 amide bonds. The molecule has 1 N–H and O–H groups in total. The van der Waals surface area contributed by atoms with E-state index in [9.17, 15) is 9.59 Å². The Balaban J connectivity index is 2.64. The van der Waals surface area contributed by atoms with Gasteiger partial charge in [0.05, 0.1) is 0 Å². The highest BCUT2D eigenvalue weighted by Crippen LogP contribution is 2.17. The lowest BCUT2D eigenvalue weighted by Gasteiger charge is -2.22. The van der Waals surface area contributed by atoms with Crippen molar-refractivity contribution in [2.75, 3.05) is 6.61 Å². The van der Waals surface area contributed by atoms with Crippen molar-refractivity contribution in [2.24, 2.45) is 0 Å². The molecule has 0 bridgehead atoms. The minimum atomic E-state index is -0.990. The van der Waals surface area contributed by atoms with Crippen LogP contribution in [0.2, 0.25) is 0 Å². The van der Waals surface area contributed by atoms with Crippen LogP contribution in [-0.4, -0.2) is 41.5 Å². The molecule has 0 unspecified atom stereocenters. The van der Waals surface area contributed by atoms with Crippen LogP contribution in [0.3, 0.4) is 0 Å². The number of carboxylic acid groups (broad SMARTS) is 1. The van der Waals surface area contributed by atoms with Crippen molar-refractivity contribution in [1.82, 2.24) is 0 Å². The monoisotopic (exact) mass is 338 g/mol. The average Bonchev–Trinajstić information content (AvgIpc) is 2.46. The van der Waals surface area contributed by atoms with Gasteiger partial charge in [0.1, 0.15) is 11.4 Å². The van der Waals surface area contributed by atoms with E-state index in [1.54, 1.807) is 58.9 Å². The van der Waals surface area contributed by atoms with Gasteiger partial charge in [0.15, 0.2) is 12.2 Å². The van der Waals surface area contributed by atoms with Crippen molar-refractivity contribution in [1.29, 1.82) is 0 Å². The summed E-state index contributed by atoms with van der Waals surface area (Å²) in [6.07, 6.45) is -1.34. The number of ether oxygens (including phenoxy) is 3. The molecule has 0 aliphatic rings. The summed E-state index contributed by atoms with van der Waals surface area (Å²) in [6.45, 7) is 9.10. The van der Waals surface area contributed by atoms with Gasteiger partial charge in [-0.15, -0.1) is 0 Å². The molecule has 0 aliphatic heterocycles. The highest BCUT2D eigenvalue weighted by Gasteiger charge is 2.23. The van der Waals surface area contributed by atoms with Crippen LogP contribution in [0.5, 0.6) is 5.75 Å². The zero-order valence-corrected chi connectivity index (χ0v) is 14.9. The molecule has 0 spiro atoms. The van der Waals surface area contributed by atoms with Crippen molar-refractivity contribution in [3.05, 3.63) is 29.8 Å². The zero-order chi connectivity index (χ0) is 18.3. The molecule has 2 atom stereocenters. The molecule has 1 aromatic carbocycles. The molecular weight excluding hydrogens is 312 g/mol. The number of benzene rings is 1. The summed E-state index contributed by atoms with van der Waals surface area (Å²) in [5, 5.41) is 9.09. The first kappa shape index (κ1) is 20.0. The Kier molecular flexibility index (Phi) is 7.22. The summed E-state index contributed by atoms with van der Waals surface area (Å²) in [6, 6.07) is 6.90. The lowest BCUT2D eigenvalue weighted by molar-refractivity contribution is -0.162. The number of carbonyl (C=O) groups is 2. The topological polar surface area (TPSA) is 82.1 Å². The highest BCUT2D eigenvalue weighted by atomic mass is 16.6. The first-order chi connectivity index (χ1) is 11.1. The van der Waals surface area contributed by atoms with Gasteiger partial charge in [0, 0.05) is 13.0 Å².